The van der Waals surface area contributed by atoms with Gasteiger partial charge in [0.25, 0.3) is 0 Å². The molecule has 0 spiro atoms. The van der Waals surface area contributed by atoms with Crippen molar-refractivity contribution in [3.63, 3.8) is 0 Å². The lowest BCUT2D eigenvalue weighted by molar-refractivity contribution is -0.113. The topological polar surface area (TPSA) is 56.0 Å². The van der Waals surface area contributed by atoms with Gasteiger partial charge in [-0.2, -0.15) is 0 Å². The smallest absolute Gasteiger partial charge is 0.241 e. The molecule has 1 heterocycles. The van der Waals surface area contributed by atoms with Gasteiger partial charge < -0.3 is 5.73 Å². The SMILES string of the molecule is NC(=O)C=Cc1cc(Br)cnc1Cl. The Morgan fingerprint density at radius 2 is 2.38 bits per heavy atom. The molecule has 0 aromatic carbocycles. The van der Waals surface area contributed by atoms with Gasteiger partial charge >= 0.3 is 0 Å². The molecule has 0 fully saturated rings. The normalized spacial score (nSPS) is 10.6. The van der Waals surface area contributed by atoms with Gasteiger partial charge in [0.05, 0.1) is 0 Å². The average Bonchev–Trinajstić information content (AvgIpc) is 2.06. The number of halogens is 2. The van der Waals surface area contributed by atoms with Crippen LogP contribution in [0.5, 0.6) is 0 Å². The van der Waals surface area contributed by atoms with Crippen molar-refractivity contribution in [2.75, 3.05) is 0 Å². The molecule has 0 atom stereocenters. The van der Waals surface area contributed by atoms with Gasteiger partial charge in [-0.1, -0.05) is 11.6 Å². The first-order valence-electron chi connectivity index (χ1n) is 3.38. The summed E-state index contributed by atoms with van der Waals surface area (Å²) in [5.74, 6) is -0.518. The largest absolute Gasteiger partial charge is 0.366 e. The third-order valence-corrected chi connectivity index (χ3v) is 2.01. The summed E-state index contributed by atoms with van der Waals surface area (Å²) in [6.07, 6.45) is 4.32. The molecule has 0 aliphatic carbocycles. The van der Waals surface area contributed by atoms with Gasteiger partial charge in [-0.05, 0) is 28.1 Å². The molecule has 1 aromatic heterocycles. The third kappa shape index (κ3) is 3.16. The summed E-state index contributed by atoms with van der Waals surface area (Å²) < 4.78 is 0.793. The number of carbonyl (C=O) groups excluding carboxylic acids is 1. The zero-order valence-corrected chi connectivity index (χ0v) is 8.84. The molecule has 0 radical (unpaired) electrons. The molecule has 0 unspecified atom stereocenters. The Kier molecular flexibility index (Phi) is 3.45. The Morgan fingerprint density at radius 1 is 1.69 bits per heavy atom. The van der Waals surface area contributed by atoms with E-state index in [1.54, 1.807) is 12.3 Å². The fraction of sp³-hybridized carbons (Fsp3) is 0. The first-order chi connectivity index (χ1) is 6.09. The van der Waals surface area contributed by atoms with Crippen molar-refractivity contribution in [1.82, 2.24) is 4.98 Å². The van der Waals surface area contributed by atoms with Crippen LogP contribution in [0.15, 0.2) is 22.8 Å². The van der Waals surface area contributed by atoms with E-state index in [9.17, 15) is 4.79 Å². The Morgan fingerprint density at radius 3 is 3.00 bits per heavy atom. The standard InChI is InChI=1S/C8H6BrClN2O/c9-6-3-5(1-2-7(11)13)8(10)12-4-6/h1-4H,(H2,11,13). The quantitative estimate of drug-likeness (QED) is 0.654. The van der Waals surface area contributed by atoms with Crippen LogP contribution in [0.4, 0.5) is 0 Å². The summed E-state index contributed by atoms with van der Waals surface area (Å²) in [5.41, 5.74) is 5.58. The summed E-state index contributed by atoms with van der Waals surface area (Å²) in [6.45, 7) is 0. The molecule has 1 aromatic rings. The fourth-order valence-electron chi connectivity index (χ4n) is 0.727. The summed E-state index contributed by atoms with van der Waals surface area (Å²) in [7, 11) is 0. The van der Waals surface area contributed by atoms with Gasteiger partial charge in [-0.3, -0.25) is 4.79 Å². The highest BCUT2D eigenvalue weighted by atomic mass is 79.9. The van der Waals surface area contributed by atoms with E-state index in [1.165, 1.54) is 12.2 Å². The second kappa shape index (κ2) is 4.39. The van der Waals surface area contributed by atoms with Gasteiger partial charge in [0.1, 0.15) is 5.15 Å². The molecule has 0 saturated carbocycles. The van der Waals surface area contributed by atoms with Crippen LogP contribution in [-0.4, -0.2) is 10.9 Å². The van der Waals surface area contributed by atoms with Crippen LogP contribution in [0.3, 0.4) is 0 Å². The number of hydrogen-bond donors (Lipinski definition) is 1. The summed E-state index contributed by atoms with van der Waals surface area (Å²) in [5, 5.41) is 0.334. The van der Waals surface area contributed by atoms with E-state index in [1.807, 2.05) is 0 Å². The lowest BCUT2D eigenvalue weighted by Gasteiger charge is -1.96. The highest BCUT2D eigenvalue weighted by molar-refractivity contribution is 9.10. The summed E-state index contributed by atoms with van der Waals surface area (Å²) in [6, 6.07) is 1.74. The number of rotatable bonds is 2. The molecule has 0 aliphatic rings. The predicted octanol–water partition coefficient (Wildman–Crippen LogP) is 2.00. The van der Waals surface area contributed by atoms with E-state index >= 15 is 0 Å². The van der Waals surface area contributed by atoms with E-state index in [4.69, 9.17) is 17.3 Å². The molecule has 5 heteroatoms. The number of pyridine rings is 1. The van der Waals surface area contributed by atoms with Crippen molar-refractivity contribution in [3.05, 3.63) is 33.5 Å². The van der Waals surface area contributed by atoms with Gasteiger partial charge in [-0.25, -0.2) is 4.98 Å². The van der Waals surface area contributed by atoms with Crippen LogP contribution in [0, 0.1) is 0 Å². The Labute approximate surface area is 88.7 Å². The van der Waals surface area contributed by atoms with Crippen LogP contribution in [0.25, 0.3) is 6.08 Å². The van der Waals surface area contributed by atoms with Crippen LogP contribution < -0.4 is 5.73 Å². The van der Waals surface area contributed by atoms with Crippen LogP contribution in [0.1, 0.15) is 5.56 Å². The molecule has 2 N–H and O–H groups in total. The van der Waals surface area contributed by atoms with Gasteiger partial charge in [0.15, 0.2) is 0 Å². The Bertz CT molecular complexity index is 365. The molecular formula is C8H6BrClN2O. The van der Waals surface area contributed by atoms with Gasteiger partial charge in [-0.15, -0.1) is 0 Å². The predicted molar refractivity (Wildman–Crippen MR) is 55.2 cm³/mol. The van der Waals surface area contributed by atoms with E-state index in [-0.39, 0.29) is 0 Å². The van der Waals surface area contributed by atoms with Crippen molar-refractivity contribution in [3.8, 4) is 0 Å². The van der Waals surface area contributed by atoms with Crippen LogP contribution >= 0.6 is 27.5 Å². The van der Waals surface area contributed by atoms with E-state index in [0.29, 0.717) is 10.7 Å². The first-order valence-corrected chi connectivity index (χ1v) is 4.55. The summed E-state index contributed by atoms with van der Waals surface area (Å²) in [4.78, 5) is 14.3. The molecular weight excluding hydrogens is 255 g/mol. The maximum Gasteiger partial charge on any atom is 0.241 e. The molecule has 3 nitrogen and oxygen atoms in total. The lowest BCUT2D eigenvalue weighted by Crippen LogP contribution is -2.05. The number of carbonyl (C=O) groups is 1. The van der Waals surface area contributed by atoms with Gasteiger partial charge in [0, 0.05) is 22.3 Å². The number of nitrogens with two attached hydrogens (primary N) is 1. The number of amides is 1. The number of nitrogens with zero attached hydrogens (tertiary/aromatic N) is 1. The number of aromatic nitrogens is 1. The minimum Gasteiger partial charge on any atom is -0.366 e. The molecule has 0 aliphatic heterocycles. The number of hydrogen-bond acceptors (Lipinski definition) is 2. The van der Waals surface area contributed by atoms with Crippen molar-refractivity contribution >= 4 is 39.5 Å². The van der Waals surface area contributed by atoms with Crippen molar-refractivity contribution < 1.29 is 4.79 Å². The summed E-state index contributed by atoms with van der Waals surface area (Å²) >= 11 is 8.98. The Hall–Kier alpha value is -0.870. The molecule has 0 bridgehead atoms. The van der Waals surface area contributed by atoms with E-state index in [0.717, 1.165) is 4.47 Å². The average molecular weight is 262 g/mol. The van der Waals surface area contributed by atoms with E-state index < -0.39 is 5.91 Å². The molecule has 68 valence electrons. The van der Waals surface area contributed by atoms with Gasteiger partial charge in [0.2, 0.25) is 5.91 Å². The highest BCUT2D eigenvalue weighted by Crippen LogP contribution is 2.18. The van der Waals surface area contributed by atoms with Crippen molar-refractivity contribution in [2.24, 2.45) is 5.73 Å². The zero-order chi connectivity index (χ0) is 9.84. The monoisotopic (exact) mass is 260 g/mol. The highest BCUT2D eigenvalue weighted by Gasteiger charge is 1.98. The third-order valence-electron chi connectivity index (χ3n) is 1.26. The first kappa shape index (κ1) is 10.2. The number of primary amides is 1. The minimum absolute atomic E-state index is 0.334. The van der Waals surface area contributed by atoms with Crippen LogP contribution in [0.2, 0.25) is 5.15 Å². The Balaban J connectivity index is 3.00. The second-order valence-corrected chi connectivity index (χ2v) is 3.54. The maximum absolute atomic E-state index is 10.4. The van der Waals surface area contributed by atoms with Crippen LogP contribution in [-0.2, 0) is 4.79 Å². The maximum atomic E-state index is 10.4. The molecule has 1 amide bonds. The van der Waals surface area contributed by atoms with E-state index in [2.05, 4.69) is 20.9 Å². The van der Waals surface area contributed by atoms with Crippen molar-refractivity contribution in [2.45, 2.75) is 0 Å². The molecule has 0 saturated heterocycles. The second-order valence-electron chi connectivity index (χ2n) is 2.27. The molecule has 13 heavy (non-hydrogen) atoms. The van der Waals surface area contributed by atoms with Crippen molar-refractivity contribution in [1.29, 1.82) is 0 Å². The molecule has 1 rings (SSSR count). The lowest BCUT2D eigenvalue weighted by atomic mass is 10.2. The fourth-order valence-corrected chi connectivity index (χ4v) is 1.24. The zero-order valence-electron chi connectivity index (χ0n) is 6.50. The minimum atomic E-state index is -0.518.